The quantitative estimate of drug-likeness (QED) is 0.514. The van der Waals surface area contributed by atoms with Gasteiger partial charge in [0.15, 0.2) is 0 Å². The van der Waals surface area contributed by atoms with Gasteiger partial charge in [0.25, 0.3) is 11.8 Å². The van der Waals surface area contributed by atoms with Crippen LogP contribution in [-0.4, -0.2) is 16.9 Å². The van der Waals surface area contributed by atoms with E-state index in [1.165, 1.54) is 22.3 Å². The molecular formula is C24H24N2O3S. The first-order chi connectivity index (χ1) is 14.6. The highest BCUT2D eigenvalue weighted by Gasteiger charge is 2.26. The van der Waals surface area contributed by atoms with Crippen LogP contribution in [0.15, 0.2) is 54.6 Å². The number of carbonyl (C=O) groups excluding carboxylic acids is 2. The minimum atomic E-state index is -0.415. The smallest absolute Gasteiger partial charge is 0.260 e. The molecule has 0 unspecified atom stereocenters. The van der Waals surface area contributed by atoms with Gasteiger partial charge in [0.05, 0.1) is 11.1 Å². The van der Waals surface area contributed by atoms with Crippen molar-refractivity contribution in [2.45, 2.75) is 38.6 Å². The average Bonchev–Trinajstić information content (AvgIpc) is 2.93. The number of anilines is 1. The molecule has 0 aliphatic heterocycles. The molecule has 2 amide bonds. The third-order valence-corrected chi connectivity index (χ3v) is 6.53. The molecule has 0 spiro atoms. The zero-order valence-corrected chi connectivity index (χ0v) is 17.4. The molecule has 4 rings (SSSR count). The molecule has 0 saturated carbocycles. The average molecular weight is 421 g/mol. The maximum atomic E-state index is 13.2. The Kier molecular flexibility index (Phi) is 6.14. The molecule has 0 radical (unpaired) electrons. The first-order valence-electron chi connectivity index (χ1n) is 10.2. The lowest BCUT2D eigenvalue weighted by molar-refractivity contribution is 0.0951. The number of para-hydroxylation sites is 1. The van der Waals surface area contributed by atoms with Gasteiger partial charge in [-0.3, -0.25) is 9.59 Å². The summed E-state index contributed by atoms with van der Waals surface area (Å²) in [6.45, 7) is 0.428. The van der Waals surface area contributed by atoms with Crippen LogP contribution in [0.3, 0.4) is 0 Å². The van der Waals surface area contributed by atoms with Crippen LogP contribution in [0, 0.1) is 0 Å². The van der Waals surface area contributed by atoms with Crippen molar-refractivity contribution in [1.29, 1.82) is 0 Å². The van der Waals surface area contributed by atoms with E-state index in [2.05, 4.69) is 10.6 Å². The monoisotopic (exact) mass is 420 g/mol. The van der Waals surface area contributed by atoms with Gasteiger partial charge in [-0.25, -0.2) is 0 Å². The van der Waals surface area contributed by atoms with Gasteiger partial charge in [-0.05, 0) is 48.9 Å². The lowest BCUT2D eigenvalue weighted by atomic mass is 10.0. The van der Waals surface area contributed by atoms with Crippen molar-refractivity contribution in [3.05, 3.63) is 81.7 Å². The van der Waals surface area contributed by atoms with E-state index < -0.39 is 5.91 Å². The fourth-order valence-electron chi connectivity index (χ4n) is 3.77. The minimum absolute atomic E-state index is 0.0804. The number of thiophene rings is 1. The van der Waals surface area contributed by atoms with Crippen molar-refractivity contribution in [3.63, 3.8) is 0 Å². The highest BCUT2D eigenvalue weighted by atomic mass is 32.1. The third kappa shape index (κ3) is 4.39. The Labute approximate surface area is 179 Å². The van der Waals surface area contributed by atoms with Crippen LogP contribution < -0.4 is 10.6 Å². The molecule has 2 aromatic carbocycles. The van der Waals surface area contributed by atoms with E-state index in [4.69, 9.17) is 0 Å². The summed E-state index contributed by atoms with van der Waals surface area (Å²) in [4.78, 5) is 27.1. The van der Waals surface area contributed by atoms with Crippen LogP contribution in [0.25, 0.3) is 0 Å². The Bertz CT molecular complexity index is 1060. The van der Waals surface area contributed by atoms with Crippen LogP contribution in [0.1, 0.15) is 56.0 Å². The summed E-state index contributed by atoms with van der Waals surface area (Å²) in [6.07, 6.45) is 5.03. The SMILES string of the molecule is O=C(Nc1sc2c(c1C(=O)NCc1ccccc1)CCCCC2)c1ccccc1O. The number of fused-ring (bicyclic) bond motifs is 1. The molecule has 1 heterocycles. The minimum Gasteiger partial charge on any atom is -0.507 e. The van der Waals surface area contributed by atoms with Crippen molar-refractivity contribution in [3.8, 4) is 5.75 Å². The summed E-state index contributed by atoms with van der Waals surface area (Å²) in [5.74, 6) is -0.671. The Hall–Kier alpha value is -3.12. The van der Waals surface area contributed by atoms with E-state index in [-0.39, 0.29) is 17.2 Å². The zero-order chi connectivity index (χ0) is 20.9. The van der Waals surface area contributed by atoms with E-state index in [0.717, 1.165) is 43.2 Å². The number of phenolic OH excluding ortho intramolecular Hbond substituents is 1. The molecule has 1 aliphatic carbocycles. The van der Waals surface area contributed by atoms with E-state index in [9.17, 15) is 14.7 Å². The lowest BCUT2D eigenvalue weighted by Crippen LogP contribution is -2.25. The van der Waals surface area contributed by atoms with Crippen LogP contribution in [0.4, 0.5) is 5.00 Å². The highest BCUT2D eigenvalue weighted by molar-refractivity contribution is 7.17. The summed E-state index contributed by atoms with van der Waals surface area (Å²) in [7, 11) is 0. The topological polar surface area (TPSA) is 78.4 Å². The molecule has 30 heavy (non-hydrogen) atoms. The maximum absolute atomic E-state index is 13.2. The van der Waals surface area contributed by atoms with Crippen molar-refractivity contribution < 1.29 is 14.7 Å². The normalized spacial score (nSPS) is 13.2. The van der Waals surface area contributed by atoms with Crippen LogP contribution in [0.5, 0.6) is 5.75 Å². The predicted molar refractivity (Wildman–Crippen MR) is 119 cm³/mol. The first kappa shape index (κ1) is 20.2. The van der Waals surface area contributed by atoms with E-state index in [1.54, 1.807) is 18.2 Å². The molecule has 6 heteroatoms. The maximum Gasteiger partial charge on any atom is 0.260 e. The molecule has 5 nitrogen and oxygen atoms in total. The highest BCUT2D eigenvalue weighted by Crippen LogP contribution is 2.38. The number of hydrogen-bond acceptors (Lipinski definition) is 4. The lowest BCUT2D eigenvalue weighted by Gasteiger charge is -2.11. The summed E-state index contributed by atoms with van der Waals surface area (Å²) in [6, 6.07) is 16.2. The largest absolute Gasteiger partial charge is 0.507 e. The standard InChI is InChI=1S/C24H24N2O3S/c27-19-13-8-7-11-17(19)22(28)26-24-21(18-12-5-2-6-14-20(18)30-24)23(29)25-15-16-9-3-1-4-10-16/h1,3-4,7-11,13,27H,2,5-6,12,14-15H2,(H,25,29)(H,26,28). The van der Waals surface area contributed by atoms with Gasteiger partial charge in [0.2, 0.25) is 0 Å². The van der Waals surface area contributed by atoms with Gasteiger partial charge in [-0.2, -0.15) is 0 Å². The molecule has 0 fully saturated rings. The Balaban J connectivity index is 1.62. The second-order valence-electron chi connectivity index (χ2n) is 7.41. The van der Waals surface area contributed by atoms with Crippen molar-refractivity contribution in [1.82, 2.24) is 5.32 Å². The molecule has 1 aromatic heterocycles. The molecular weight excluding hydrogens is 396 g/mol. The number of aromatic hydroxyl groups is 1. The zero-order valence-electron chi connectivity index (χ0n) is 16.6. The van der Waals surface area contributed by atoms with Crippen molar-refractivity contribution >= 4 is 28.2 Å². The summed E-state index contributed by atoms with van der Waals surface area (Å²) >= 11 is 1.48. The number of hydrogen-bond donors (Lipinski definition) is 3. The molecule has 0 saturated heterocycles. The Morgan fingerprint density at radius 2 is 1.63 bits per heavy atom. The van der Waals surface area contributed by atoms with E-state index in [0.29, 0.717) is 17.1 Å². The number of benzene rings is 2. The van der Waals surface area contributed by atoms with Gasteiger partial charge >= 0.3 is 0 Å². The second-order valence-corrected chi connectivity index (χ2v) is 8.51. The summed E-state index contributed by atoms with van der Waals surface area (Å²) in [5.41, 5.74) is 2.83. The number of nitrogens with one attached hydrogen (secondary N) is 2. The van der Waals surface area contributed by atoms with Gasteiger partial charge in [-0.15, -0.1) is 11.3 Å². The van der Waals surface area contributed by atoms with Crippen LogP contribution in [-0.2, 0) is 19.4 Å². The molecule has 3 N–H and O–H groups in total. The van der Waals surface area contributed by atoms with Gasteiger partial charge in [0.1, 0.15) is 10.8 Å². The number of aryl methyl sites for hydroxylation is 1. The number of phenols is 1. The summed E-state index contributed by atoms with van der Waals surface area (Å²) < 4.78 is 0. The fraction of sp³-hybridized carbons (Fsp3) is 0.250. The van der Waals surface area contributed by atoms with E-state index in [1.807, 2.05) is 30.3 Å². The molecule has 3 aromatic rings. The fourth-order valence-corrected chi connectivity index (χ4v) is 5.06. The number of carbonyl (C=O) groups is 2. The van der Waals surface area contributed by atoms with E-state index >= 15 is 0 Å². The van der Waals surface area contributed by atoms with Crippen molar-refractivity contribution in [2.24, 2.45) is 0 Å². The van der Waals surface area contributed by atoms with Gasteiger partial charge < -0.3 is 15.7 Å². The van der Waals surface area contributed by atoms with Crippen LogP contribution in [0.2, 0.25) is 0 Å². The molecule has 1 aliphatic rings. The van der Waals surface area contributed by atoms with Gasteiger partial charge in [-0.1, -0.05) is 48.9 Å². The molecule has 0 atom stereocenters. The third-order valence-electron chi connectivity index (χ3n) is 5.32. The molecule has 154 valence electrons. The molecule has 0 bridgehead atoms. The number of rotatable bonds is 5. The Morgan fingerprint density at radius 1 is 0.900 bits per heavy atom. The Morgan fingerprint density at radius 3 is 2.43 bits per heavy atom. The van der Waals surface area contributed by atoms with Crippen molar-refractivity contribution in [2.75, 3.05) is 5.32 Å². The second kappa shape index (κ2) is 9.13. The first-order valence-corrected chi connectivity index (χ1v) is 11.0. The van der Waals surface area contributed by atoms with Gasteiger partial charge in [0, 0.05) is 11.4 Å². The predicted octanol–water partition coefficient (Wildman–Crippen LogP) is 4.90. The summed E-state index contributed by atoms with van der Waals surface area (Å²) in [5, 5.41) is 16.5. The number of amides is 2. The van der Waals surface area contributed by atoms with Crippen LogP contribution >= 0.6 is 11.3 Å².